The third kappa shape index (κ3) is 4.98. The van der Waals surface area contributed by atoms with Crippen molar-refractivity contribution < 1.29 is 27.9 Å². The number of aromatic carboxylic acids is 1. The Morgan fingerprint density at radius 1 is 0.906 bits per heavy atom. The van der Waals surface area contributed by atoms with Crippen LogP contribution in [0.4, 0.5) is 0 Å². The Bertz CT molecular complexity index is 1230. The molecular formula is C24H25NO6S. The van der Waals surface area contributed by atoms with Crippen molar-refractivity contribution in [2.24, 2.45) is 0 Å². The quantitative estimate of drug-likeness (QED) is 0.375. The molecule has 0 bridgehead atoms. The number of carbonyl (C=O) groups is 2. The normalized spacial score (nSPS) is 11.6. The number of carboxylic acids is 1. The minimum atomic E-state index is -3.67. The number of sulfonamides is 1. The summed E-state index contributed by atoms with van der Waals surface area (Å²) >= 11 is 0. The minimum absolute atomic E-state index is 0.0741. The fourth-order valence-electron chi connectivity index (χ4n) is 3.39. The number of ether oxygens (including phenoxy) is 1. The standard InChI is InChI=1S/C24H25NO6S/c1-3-13-25(14-4-2)32(29,30)20-11-9-17(10-12-20)24(28)31-22-16-19-8-6-5-7-18(19)15-21(22)23(26)27/h5-12,15-16H,3-4,13-14H2,1-2H3,(H,26,27). The average Bonchev–Trinajstić information content (AvgIpc) is 2.78. The Hall–Kier alpha value is -3.23. The summed E-state index contributed by atoms with van der Waals surface area (Å²) in [7, 11) is -3.67. The zero-order valence-corrected chi connectivity index (χ0v) is 18.8. The van der Waals surface area contributed by atoms with Gasteiger partial charge in [-0.15, -0.1) is 0 Å². The van der Waals surface area contributed by atoms with Crippen LogP contribution in [0.1, 0.15) is 47.4 Å². The molecule has 3 aromatic rings. The molecule has 8 heteroatoms. The number of benzene rings is 3. The minimum Gasteiger partial charge on any atom is -0.478 e. The number of carbonyl (C=O) groups excluding carboxylic acids is 1. The number of hydrogen-bond donors (Lipinski definition) is 1. The first-order valence-corrected chi connectivity index (χ1v) is 11.8. The SMILES string of the molecule is CCCN(CCC)S(=O)(=O)c1ccc(C(=O)Oc2cc3ccccc3cc2C(=O)O)cc1. The van der Waals surface area contributed by atoms with E-state index in [0.29, 0.717) is 31.3 Å². The molecule has 3 aromatic carbocycles. The van der Waals surface area contributed by atoms with Gasteiger partial charge in [0.2, 0.25) is 10.0 Å². The van der Waals surface area contributed by atoms with Gasteiger partial charge in [0.25, 0.3) is 0 Å². The summed E-state index contributed by atoms with van der Waals surface area (Å²) in [6, 6.07) is 15.6. The monoisotopic (exact) mass is 455 g/mol. The maximum atomic E-state index is 12.9. The molecule has 7 nitrogen and oxygen atoms in total. The van der Waals surface area contributed by atoms with Gasteiger partial charge in [-0.2, -0.15) is 4.31 Å². The molecule has 0 radical (unpaired) electrons. The summed E-state index contributed by atoms with van der Waals surface area (Å²) in [5.74, 6) is -2.06. The highest BCUT2D eigenvalue weighted by Gasteiger charge is 2.24. The summed E-state index contributed by atoms with van der Waals surface area (Å²) < 4.78 is 32.5. The van der Waals surface area contributed by atoms with Gasteiger partial charge in [0.1, 0.15) is 11.3 Å². The third-order valence-electron chi connectivity index (χ3n) is 4.95. The lowest BCUT2D eigenvalue weighted by Crippen LogP contribution is -2.32. The molecular weight excluding hydrogens is 430 g/mol. The summed E-state index contributed by atoms with van der Waals surface area (Å²) in [6.45, 7) is 4.66. The first kappa shape index (κ1) is 23.4. The smallest absolute Gasteiger partial charge is 0.343 e. The Balaban J connectivity index is 1.87. The highest BCUT2D eigenvalue weighted by molar-refractivity contribution is 7.89. The van der Waals surface area contributed by atoms with Crippen LogP contribution in [-0.4, -0.2) is 42.9 Å². The number of carboxylic acid groups (broad SMARTS) is 1. The van der Waals surface area contributed by atoms with Crippen LogP contribution >= 0.6 is 0 Å². The fourth-order valence-corrected chi connectivity index (χ4v) is 5.02. The van der Waals surface area contributed by atoms with Crippen LogP contribution in [0.5, 0.6) is 5.75 Å². The second-order valence-electron chi connectivity index (χ2n) is 7.32. The summed E-state index contributed by atoms with van der Waals surface area (Å²) in [4.78, 5) is 24.4. The number of rotatable bonds is 9. The molecule has 0 aliphatic heterocycles. The van der Waals surface area contributed by atoms with Crippen molar-refractivity contribution in [2.45, 2.75) is 31.6 Å². The Morgan fingerprint density at radius 2 is 1.47 bits per heavy atom. The van der Waals surface area contributed by atoms with E-state index in [1.165, 1.54) is 40.7 Å². The molecule has 0 atom stereocenters. The molecule has 0 spiro atoms. The van der Waals surface area contributed by atoms with Crippen LogP contribution < -0.4 is 4.74 Å². The van der Waals surface area contributed by atoms with Gasteiger partial charge in [0.05, 0.1) is 10.5 Å². The predicted octanol–water partition coefficient (Wildman–Crippen LogP) is 4.57. The van der Waals surface area contributed by atoms with Gasteiger partial charge in [0, 0.05) is 13.1 Å². The van der Waals surface area contributed by atoms with Crippen LogP contribution in [0.2, 0.25) is 0 Å². The third-order valence-corrected chi connectivity index (χ3v) is 6.87. The molecule has 0 saturated heterocycles. The van der Waals surface area contributed by atoms with Crippen LogP contribution in [0.15, 0.2) is 65.6 Å². The lowest BCUT2D eigenvalue weighted by Gasteiger charge is -2.21. The van der Waals surface area contributed by atoms with Crippen molar-refractivity contribution in [1.29, 1.82) is 0 Å². The van der Waals surface area contributed by atoms with E-state index in [9.17, 15) is 23.1 Å². The van der Waals surface area contributed by atoms with Crippen molar-refractivity contribution in [3.63, 3.8) is 0 Å². The van der Waals surface area contributed by atoms with Crippen LogP contribution in [0.3, 0.4) is 0 Å². The van der Waals surface area contributed by atoms with Gasteiger partial charge in [-0.05, 0) is 60.0 Å². The molecule has 32 heavy (non-hydrogen) atoms. The van der Waals surface area contributed by atoms with E-state index >= 15 is 0 Å². The van der Waals surface area contributed by atoms with E-state index in [2.05, 4.69) is 0 Å². The molecule has 0 aliphatic carbocycles. The van der Waals surface area contributed by atoms with Gasteiger partial charge in [-0.3, -0.25) is 0 Å². The van der Waals surface area contributed by atoms with Crippen molar-refractivity contribution in [2.75, 3.05) is 13.1 Å². The van der Waals surface area contributed by atoms with Crippen molar-refractivity contribution in [3.05, 3.63) is 71.8 Å². The summed E-state index contributed by atoms with van der Waals surface area (Å²) in [6.07, 6.45) is 1.39. The Kier molecular flexibility index (Phi) is 7.27. The van der Waals surface area contributed by atoms with Crippen molar-refractivity contribution in [3.8, 4) is 5.75 Å². The van der Waals surface area contributed by atoms with E-state index in [0.717, 1.165) is 5.39 Å². The van der Waals surface area contributed by atoms with Crippen LogP contribution in [0, 0.1) is 0 Å². The van der Waals surface area contributed by atoms with E-state index < -0.39 is 22.0 Å². The van der Waals surface area contributed by atoms with Crippen molar-refractivity contribution >= 4 is 32.7 Å². The molecule has 0 unspecified atom stereocenters. The second-order valence-corrected chi connectivity index (χ2v) is 9.26. The van der Waals surface area contributed by atoms with Gasteiger partial charge in [0.15, 0.2) is 0 Å². The predicted molar refractivity (Wildman–Crippen MR) is 122 cm³/mol. The van der Waals surface area contributed by atoms with Gasteiger partial charge in [-0.1, -0.05) is 38.1 Å². The highest BCUT2D eigenvalue weighted by Crippen LogP contribution is 2.27. The molecule has 168 valence electrons. The number of hydrogen-bond acceptors (Lipinski definition) is 5. The topological polar surface area (TPSA) is 101 Å². The first-order valence-electron chi connectivity index (χ1n) is 10.4. The molecule has 0 fully saturated rings. The van der Waals surface area contributed by atoms with Crippen LogP contribution in [-0.2, 0) is 10.0 Å². The lowest BCUT2D eigenvalue weighted by atomic mass is 10.1. The zero-order valence-electron chi connectivity index (χ0n) is 17.9. The molecule has 0 amide bonds. The maximum absolute atomic E-state index is 12.9. The van der Waals surface area contributed by atoms with E-state index in [1.807, 2.05) is 13.8 Å². The second kappa shape index (κ2) is 9.93. The molecule has 0 aliphatic rings. The zero-order chi connectivity index (χ0) is 23.3. The Morgan fingerprint density at radius 3 is 2.00 bits per heavy atom. The highest BCUT2D eigenvalue weighted by atomic mass is 32.2. The average molecular weight is 456 g/mol. The van der Waals surface area contributed by atoms with E-state index in [4.69, 9.17) is 4.74 Å². The van der Waals surface area contributed by atoms with Gasteiger partial charge >= 0.3 is 11.9 Å². The number of fused-ring (bicyclic) bond motifs is 1. The Labute approximate surface area is 187 Å². The largest absolute Gasteiger partial charge is 0.478 e. The van der Waals surface area contributed by atoms with Crippen LogP contribution in [0.25, 0.3) is 10.8 Å². The molecule has 3 rings (SSSR count). The fraction of sp³-hybridized carbons (Fsp3) is 0.250. The maximum Gasteiger partial charge on any atom is 0.343 e. The molecule has 0 heterocycles. The number of esters is 1. The molecule has 0 aromatic heterocycles. The number of nitrogens with zero attached hydrogens (tertiary/aromatic N) is 1. The summed E-state index contributed by atoms with van der Waals surface area (Å²) in [5, 5.41) is 11.0. The molecule has 0 saturated carbocycles. The lowest BCUT2D eigenvalue weighted by molar-refractivity contribution is 0.0681. The van der Waals surface area contributed by atoms with E-state index in [1.54, 1.807) is 24.3 Å². The summed E-state index contributed by atoms with van der Waals surface area (Å²) in [5.41, 5.74) is -0.0167. The first-order chi connectivity index (χ1) is 15.3. The van der Waals surface area contributed by atoms with Crippen molar-refractivity contribution in [1.82, 2.24) is 4.31 Å². The van der Waals surface area contributed by atoms with E-state index in [-0.39, 0.29) is 21.8 Å². The van der Waals surface area contributed by atoms with Gasteiger partial charge < -0.3 is 9.84 Å². The van der Waals surface area contributed by atoms with Gasteiger partial charge in [-0.25, -0.2) is 18.0 Å². The molecule has 1 N–H and O–H groups in total.